The van der Waals surface area contributed by atoms with E-state index in [0.29, 0.717) is 5.56 Å². The predicted molar refractivity (Wildman–Crippen MR) is 69.5 cm³/mol. The Balaban J connectivity index is 1.91. The lowest BCUT2D eigenvalue weighted by Crippen LogP contribution is -2.39. The fraction of sp³-hybridized carbons (Fsp3) is 0.231. The fourth-order valence-corrected chi connectivity index (χ4v) is 1.65. The van der Waals surface area contributed by atoms with Crippen molar-refractivity contribution in [2.45, 2.75) is 19.1 Å². The summed E-state index contributed by atoms with van der Waals surface area (Å²) in [6.07, 6.45) is 1.77. The lowest BCUT2D eigenvalue weighted by molar-refractivity contribution is 0.139. The van der Waals surface area contributed by atoms with Gasteiger partial charge in [0.2, 0.25) is 0 Å². The zero-order chi connectivity index (χ0) is 14.5. The van der Waals surface area contributed by atoms with E-state index in [1.165, 1.54) is 36.7 Å². The minimum Gasteiger partial charge on any atom is -0.432 e. The number of benzene rings is 1. The van der Waals surface area contributed by atoms with Gasteiger partial charge in [0.1, 0.15) is 12.1 Å². The van der Waals surface area contributed by atoms with E-state index in [-0.39, 0.29) is 11.8 Å². The van der Waals surface area contributed by atoms with Crippen LogP contribution in [0.5, 0.6) is 0 Å². The van der Waals surface area contributed by atoms with Crippen molar-refractivity contribution in [3.63, 3.8) is 0 Å². The van der Waals surface area contributed by atoms with Crippen molar-refractivity contribution >= 4 is 12.0 Å². The minimum absolute atomic E-state index is 0.0611. The molecule has 0 aliphatic rings. The van der Waals surface area contributed by atoms with Crippen molar-refractivity contribution in [2.75, 3.05) is 5.32 Å². The smallest absolute Gasteiger partial charge is 0.323 e. The highest BCUT2D eigenvalue weighted by atomic mass is 19.1. The average molecular weight is 279 g/mol. The van der Waals surface area contributed by atoms with E-state index in [1.807, 2.05) is 0 Å². The third-order valence-electron chi connectivity index (χ3n) is 2.70. The average Bonchev–Trinajstić information content (AvgIpc) is 2.91. The fourth-order valence-electron chi connectivity index (χ4n) is 1.65. The highest BCUT2D eigenvalue weighted by molar-refractivity contribution is 5.87. The lowest BCUT2D eigenvalue weighted by Gasteiger charge is -2.20. The number of rotatable bonds is 4. The molecule has 1 heterocycles. The van der Waals surface area contributed by atoms with Gasteiger partial charge in [0, 0.05) is 0 Å². The Bertz CT molecular complexity index is 557. The largest absolute Gasteiger partial charge is 0.432 e. The van der Waals surface area contributed by atoms with Crippen LogP contribution in [0.25, 0.3) is 0 Å². The number of halogens is 1. The number of hydrogen-bond acceptors (Lipinski definition) is 4. The summed E-state index contributed by atoms with van der Waals surface area (Å²) in [6, 6.07) is 4.35. The summed E-state index contributed by atoms with van der Waals surface area (Å²) >= 11 is 0. The molecule has 0 bridgehead atoms. The molecule has 2 amide bonds. The molecule has 20 heavy (non-hydrogen) atoms. The van der Waals surface area contributed by atoms with Crippen LogP contribution in [0.1, 0.15) is 18.6 Å². The summed E-state index contributed by atoms with van der Waals surface area (Å²) in [5.74, 6) is -0.386. The van der Waals surface area contributed by atoms with Crippen LogP contribution in [0.15, 0.2) is 41.1 Å². The van der Waals surface area contributed by atoms with E-state index < -0.39 is 18.2 Å². The highest BCUT2D eigenvalue weighted by Gasteiger charge is 2.19. The molecule has 0 spiro atoms. The molecule has 0 aliphatic heterocycles. The van der Waals surface area contributed by atoms with Crippen LogP contribution in [0.3, 0.4) is 0 Å². The zero-order valence-corrected chi connectivity index (χ0v) is 10.7. The SMILES string of the molecule is CC(NC(=O)Nc1ncco1)C(O)c1ccc(F)cc1. The van der Waals surface area contributed by atoms with Gasteiger partial charge in [-0.05, 0) is 24.6 Å². The van der Waals surface area contributed by atoms with Gasteiger partial charge in [0.05, 0.1) is 18.3 Å². The van der Waals surface area contributed by atoms with Crippen LogP contribution in [0.2, 0.25) is 0 Å². The van der Waals surface area contributed by atoms with Crippen molar-refractivity contribution in [2.24, 2.45) is 0 Å². The van der Waals surface area contributed by atoms with Gasteiger partial charge >= 0.3 is 12.0 Å². The molecule has 2 aromatic rings. The van der Waals surface area contributed by atoms with Crippen LogP contribution < -0.4 is 10.6 Å². The molecule has 0 saturated carbocycles. The normalized spacial score (nSPS) is 13.6. The third kappa shape index (κ3) is 3.55. The quantitative estimate of drug-likeness (QED) is 0.799. The number of nitrogens with one attached hydrogen (secondary N) is 2. The van der Waals surface area contributed by atoms with Crippen molar-refractivity contribution in [3.05, 3.63) is 48.1 Å². The summed E-state index contributed by atoms with van der Waals surface area (Å²) in [5.41, 5.74) is 0.510. The number of nitrogens with zero attached hydrogens (tertiary/aromatic N) is 1. The molecule has 6 nitrogen and oxygen atoms in total. The molecule has 0 aliphatic carbocycles. The van der Waals surface area contributed by atoms with Gasteiger partial charge in [-0.2, -0.15) is 0 Å². The molecule has 7 heteroatoms. The maximum Gasteiger partial charge on any atom is 0.323 e. The van der Waals surface area contributed by atoms with Gasteiger partial charge in [-0.3, -0.25) is 5.32 Å². The second kappa shape index (κ2) is 6.16. The summed E-state index contributed by atoms with van der Waals surface area (Å²) in [5, 5.41) is 15.0. The molecule has 0 radical (unpaired) electrons. The Kier molecular flexibility index (Phi) is 4.31. The van der Waals surface area contributed by atoms with Gasteiger partial charge in [-0.25, -0.2) is 14.2 Å². The van der Waals surface area contributed by atoms with Gasteiger partial charge in [0.15, 0.2) is 0 Å². The molecular formula is C13H14FN3O3. The molecule has 1 aromatic carbocycles. The molecule has 0 saturated heterocycles. The first kappa shape index (κ1) is 14.0. The first-order valence-electron chi connectivity index (χ1n) is 5.97. The molecule has 3 N–H and O–H groups in total. The molecule has 1 aromatic heterocycles. The van der Waals surface area contributed by atoms with Gasteiger partial charge < -0.3 is 14.8 Å². The lowest BCUT2D eigenvalue weighted by atomic mass is 10.0. The number of hydrogen-bond donors (Lipinski definition) is 3. The van der Waals surface area contributed by atoms with Crippen LogP contribution in [-0.4, -0.2) is 22.2 Å². The predicted octanol–water partition coefficient (Wildman–Crippen LogP) is 2.06. The number of urea groups is 1. The van der Waals surface area contributed by atoms with Crippen molar-refractivity contribution in [3.8, 4) is 0 Å². The second-order valence-corrected chi connectivity index (χ2v) is 4.22. The van der Waals surface area contributed by atoms with Gasteiger partial charge in [0.25, 0.3) is 0 Å². The zero-order valence-electron chi connectivity index (χ0n) is 10.7. The highest BCUT2D eigenvalue weighted by Crippen LogP contribution is 2.17. The van der Waals surface area contributed by atoms with Crippen LogP contribution in [0.4, 0.5) is 15.2 Å². The van der Waals surface area contributed by atoms with Gasteiger partial charge in [-0.1, -0.05) is 12.1 Å². The topological polar surface area (TPSA) is 87.4 Å². The first-order valence-corrected chi connectivity index (χ1v) is 5.97. The molecule has 0 fully saturated rings. The van der Waals surface area contributed by atoms with Gasteiger partial charge in [-0.15, -0.1) is 0 Å². The van der Waals surface area contributed by atoms with Crippen LogP contribution in [-0.2, 0) is 0 Å². The van der Waals surface area contributed by atoms with E-state index in [1.54, 1.807) is 6.92 Å². The summed E-state index contributed by atoms with van der Waals surface area (Å²) in [4.78, 5) is 15.4. The minimum atomic E-state index is -0.953. The van der Waals surface area contributed by atoms with E-state index in [2.05, 4.69) is 15.6 Å². The number of aliphatic hydroxyl groups is 1. The number of oxazole rings is 1. The van der Waals surface area contributed by atoms with Crippen LogP contribution >= 0.6 is 0 Å². The van der Waals surface area contributed by atoms with E-state index in [4.69, 9.17) is 4.42 Å². The molecule has 2 rings (SSSR count). The molecular weight excluding hydrogens is 265 g/mol. The number of anilines is 1. The summed E-state index contributed by atoms with van der Waals surface area (Å²) in [6.45, 7) is 1.63. The van der Waals surface area contributed by atoms with Crippen molar-refractivity contribution in [1.82, 2.24) is 10.3 Å². The van der Waals surface area contributed by atoms with Crippen molar-refractivity contribution in [1.29, 1.82) is 0 Å². The molecule has 106 valence electrons. The maximum absolute atomic E-state index is 12.8. The summed E-state index contributed by atoms with van der Waals surface area (Å²) in [7, 11) is 0. The first-order chi connectivity index (χ1) is 9.56. The number of aromatic nitrogens is 1. The van der Waals surface area contributed by atoms with E-state index in [0.717, 1.165) is 0 Å². The van der Waals surface area contributed by atoms with E-state index >= 15 is 0 Å². The monoisotopic (exact) mass is 279 g/mol. The van der Waals surface area contributed by atoms with Crippen molar-refractivity contribution < 1.29 is 18.7 Å². The Hall–Kier alpha value is -2.41. The Morgan fingerprint density at radius 3 is 2.70 bits per heavy atom. The molecule has 2 atom stereocenters. The molecule has 2 unspecified atom stereocenters. The number of amides is 2. The number of aliphatic hydroxyl groups excluding tert-OH is 1. The Morgan fingerprint density at radius 2 is 2.10 bits per heavy atom. The second-order valence-electron chi connectivity index (χ2n) is 4.22. The maximum atomic E-state index is 12.8. The number of carbonyl (C=O) groups excluding carboxylic acids is 1. The third-order valence-corrected chi connectivity index (χ3v) is 2.70. The van der Waals surface area contributed by atoms with E-state index in [9.17, 15) is 14.3 Å². The Labute approximate surface area is 114 Å². The summed E-state index contributed by atoms with van der Waals surface area (Å²) < 4.78 is 17.7. The standard InChI is InChI=1S/C13H14FN3O3/c1-8(11(18)9-2-4-10(14)5-3-9)16-12(19)17-13-15-6-7-20-13/h2-8,11,18H,1H3,(H2,15,16,17,19). The Morgan fingerprint density at radius 1 is 1.40 bits per heavy atom. The van der Waals surface area contributed by atoms with Crippen LogP contribution in [0, 0.1) is 5.82 Å². The number of carbonyl (C=O) groups is 1.